The van der Waals surface area contributed by atoms with E-state index in [1.54, 1.807) is 0 Å². The van der Waals surface area contributed by atoms with Gasteiger partial charge in [0.25, 0.3) is 0 Å². The van der Waals surface area contributed by atoms with E-state index >= 15 is 0 Å². The maximum Gasteiger partial charge on any atom is 0.229 e. The first-order valence-electron chi connectivity index (χ1n) is 6.00. The number of rotatable bonds is 6. The number of aliphatic hydroxyl groups is 1. The van der Waals surface area contributed by atoms with Crippen LogP contribution in [0, 0.1) is 11.6 Å². The molecule has 1 unspecified atom stereocenters. The molecule has 0 aliphatic heterocycles. The van der Waals surface area contributed by atoms with Crippen molar-refractivity contribution < 1.29 is 23.1 Å². The van der Waals surface area contributed by atoms with Crippen molar-refractivity contribution in [2.45, 2.75) is 18.9 Å². The third-order valence-corrected chi connectivity index (χ3v) is 2.56. The summed E-state index contributed by atoms with van der Waals surface area (Å²) in [6.45, 7) is 0.160. The Labute approximate surface area is 114 Å². The van der Waals surface area contributed by atoms with Gasteiger partial charge in [0.05, 0.1) is 19.1 Å². The number of nitrogens with zero attached hydrogens (tertiary/aromatic N) is 2. The lowest BCUT2D eigenvalue weighted by atomic mass is 10.1. The zero-order chi connectivity index (χ0) is 14.5. The van der Waals surface area contributed by atoms with Gasteiger partial charge in [-0.3, -0.25) is 0 Å². The number of halogens is 2. The van der Waals surface area contributed by atoms with Crippen molar-refractivity contribution in [1.82, 2.24) is 10.1 Å². The molecule has 0 amide bonds. The zero-order valence-electron chi connectivity index (χ0n) is 10.8. The molecule has 0 bridgehead atoms. The van der Waals surface area contributed by atoms with E-state index in [1.165, 1.54) is 19.2 Å². The van der Waals surface area contributed by atoms with Gasteiger partial charge in [0.1, 0.15) is 11.6 Å². The number of hydrogen-bond acceptors (Lipinski definition) is 5. The van der Waals surface area contributed by atoms with Crippen LogP contribution in [0.5, 0.6) is 0 Å². The molecule has 0 spiro atoms. The predicted molar refractivity (Wildman–Crippen MR) is 65.0 cm³/mol. The number of benzene rings is 1. The third-order valence-electron chi connectivity index (χ3n) is 2.56. The molecule has 0 fully saturated rings. The van der Waals surface area contributed by atoms with Gasteiger partial charge in [0.2, 0.25) is 5.89 Å². The van der Waals surface area contributed by atoms with Crippen LogP contribution in [0.2, 0.25) is 0 Å². The van der Waals surface area contributed by atoms with Gasteiger partial charge in [-0.05, 0) is 17.7 Å². The molecule has 0 saturated heterocycles. The van der Waals surface area contributed by atoms with E-state index in [0.29, 0.717) is 11.4 Å². The summed E-state index contributed by atoms with van der Waals surface area (Å²) in [5, 5.41) is 13.2. The Bertz CT molecular complexity index is 554. The average Bonchev–Trinajstić information content (AvgIpc) is 2.75. The largest absolute Gasteiger partial charge is 0.390 e. The molecule has 0 aliphatic carbocycles. The first-order chi connectivity index (χ1) is 9.56. The van der Waals surface area contributed by atoms with Gasteiger partial charge < -0.3 is 14.4 Å². The molecule has 0 aliphatic rings. The molecular weight excluding hydrogens is 270 g/mol. The summed E-state index contributed by atoms with van der Waals surface area (Å²) >= 11 is 0. The standard InChI is InChI=1S/C13H14F2N2O3/c1-19-7-11(18)6-13-16-12(17-20-13)4-8-2-9(14)5-10(15)3-8/h2-3,5,11,18H,4,6-7H2,1H3. The Morgan fingerprint density at radius 1 is 1.30 bits per heavy atom. The molecule has 20 heavy (non-hydrogen) atoms. The minimum atomic E-state index is -0.736. The molecule has 5 nitrogen and oxygen atoms in total. The van der Waals surface area contributed by atoms with Crippen LogP contribution in [0.1, 0.15) is 17.3 Å². The second-order valence-corrected chi connectivity index (χ2v) is 4.37. The summed E-state index contributed by atoms with van der Waals surface area (Å²) < 4.78 is 35.8. The molecule has 2 aromatic rings. The molecule has 0 saturated carbocycles. The van der Waals surface area contributed by atoms with Crippen molar-refractivity contribution in [2.24, 2.45) is 0 Å². The maximum absolute atomic E-state index is 13.0. The molecule has 0 radical (unpaired) electrons. The van der Waals surface area contributed by atoms with Gasteiger partial charge in [-0.1, -0.05) is 5.16 Å². The minimum absolute atomic E-state index is 0.151. The number of aliphatic hydroxyl groups excluding tert-OH is 1. The van der Waals surface area contributed by atoms with Crippen molar-refractivity contribution >= 4 is 0 Å². The van der Waals surface area contributed by atoms with E-state index < -0.39 is 17.7 Å². The zero-order valence-corrected chi connectivity index (χ0v) is 10.8. The summed E-state index contributed by atoms with van der Waals surface area (Å²) in [5.74, 6) is -0.755. The molecule has 2 rings (SSSR count). The van der Waals surface area contributed by atoms with Crippen LogP contribution in [-0.2, 0) is 17.6 Å². The SMILES string of the molecule is COCC(O)Cc1nc(Cc2cc(F)cc(F)c2)no1. The molecule has 1 aromatic carbocycles. The topological polar surface area (TPSA) is 68.4 Å². The van der Waals surface area contributed by atoms with Gasteiger partial charge in [0, 0.05) is 19.6 Å². The van der Waals surface area contributed by atoms with Crippen molar-refractivity contribution in [2.75, 3.05) is 13.7 Å². The monoisotopic (exact) mass is 284 g/mol. The van der Waals surface area contributed by atoms with Gasteiger partial charge in [-0.15, -0.1) is 0 Å². The van der Waals surface area contributed by atoms with E-state index in [1.807, 2.05) is 0 Å². The van der Waals surface area contributed by atoms with Crippen molar-refractivity contribution in [3.63, 3.8) is 0 Å². The maximum atomic E-state index is 13.0. The highest BCUT2D eigenvalue weighted by Crippen LogP contribution is 2.12. The van der Waals surface area contributed by atoms with E-state index in [9.17, 15) is 13.9 Å². The summed E-state index contributed by atoms with van der Waals surface area (Å²) in [7, 11) is 1.47. The van der Waals surface area contributed by atoms with Gasteiger partial charge in [-0.25, -0.2) is 8.78 Å². The number of hydrogen-bond donors (Lipinski definition) is 1. The van der Waals surface area contributed by atoms with E-state index in [-0.39, 0.29) is 25.3 Å². The van der Waals surface area contributed by atoms with Crippen molar-refractivity contribution in [3.05, 3.63) is 47.1 Å². The Kier molecular flexibility index (Phi) is 4.75. The quantitative estimate of drug-likeness (QED) is 0.870. The fourth-order valence-electron chi connectivity index (χ4n) is 1.79. The van der Waals surface area contributed by atoms with Crippen molar-refractivity contribution in [1.29, 1.82) is 0 Å². The Hall–Kier alpha value is -1.86. The van der Waals surface area contributed by atoms with Crippen LogP contribution in [0.15, 0.2) is 22.7 Å². The molecular formula is C13H14F2N2O3. The number of methoxy groups -OCH3 is 1. The fourth-order valence-corrected chi connectivity index (χ4v) is 1.79. The van der Waals surface area contributed by atoms with Crippen molar-refractivity contribution in [3.8, 4) is 0 Å². The average molecular weight is 284 g/mol. The normalized spacial score (nSPS) is 12.6. The van der Waals surface area contributed by atoms with Gasteiger partial charge in [-0.2, -0.15) is 4.98 Å². The van der Waals surface area contributed by atoms with Gasteiger partial charge >= 0.3 is 0 Å². The lowest BCUT2D eigenvalue weighted by Crippen LogP contribution is -2.17. The number of ether oxygens (including phenoxy) is 1. The highest BCUT2D eigenvalue weighted by atomic mass is 19.1. The minimum Gasteiger partial charge on any atom is -0.390 e. The molecule has 108 valence electrons. The van der Waals surface area contributed by atoms with Crippen LogP contribution in [0.4, 0.5) is 8.78 Å². The van der Waals surface area contributed by atoms with Crippen LogP contribution in [0.3, 0.4) is 0 Å². The summed E-state index contributed by atoms with van der Waals surface area (Å²) in [5.41, 5.74) is 0.410. The van der Waals surface area contributed by atoms with Crippen LogP contribution < -0.4 is 0 Å². The molecule has 1 N–H and O–H groups in total. The lowest BCUT2D eigenvalue weighted by molar-refractivity contribution is 0.0599. The summed E-state index contributed by atoms with van der Waals surface area (Å²) in [4.78, 5) is 4.05. The fraction of sp³-hybridized carbons (Fsp3) is 0.385. The van der Waals surface area contributed by atoms with Gasteiger partial charge in [0.15, 0.2) is 5.82 Å². The highest BCUT2D eigenvalue weighted by molar-refractivity contribution is 5.21. The predicted octanol–water partition coefficient (Wildman–Crippen LogP) is 1.49. The third kappa shape index (κ3) is 4.07. The Balaban J connectivity index is 2.02. The first kappa shape index (κ1) is 14.5. The van der Waals surface area contributed by atoms with Crippen LogP contribution in [-0.4, -0.2) is 35.1 Å². The Morgan fingerprint density at radius 3 is 2.65 bits per heavy atom. The molecule has 7 heteroatoms. The van der Waals surface area contributed by atoms with E-state index in [0.717, 1.165) is 6.07 Å². The second-order valence-electron chi connectivity index (χ2n) is 4.37. The van der Waals surface area contributed by atoms with E-state index in [2.05, 4.69) is 10.1 Å². The summed E-state index contributed by atoms with van der Waals surface area (Å²) in [6.07, 6.45) is -0.420. The number of aromatic nitrogens is 2. The smallest absolute Gasteiger partial charge is 0.229 e. The Morgan fingerprint density at radius 2 is 2.00 bits per heavy atom. The van der Waals surface area contributed by atoms with Crippen LogP contribution >= 0.6 is 0 Å². The van der Waals surface area contributed by atoms with Crippen LogP contribution in [0.25, 0.3) is 0 Å². The van der Waals surface area contributed by atoms with E-state index in [4.69, 9.17) is 9.26 Å². The molecule has 1 heterocycles. The lowest BCUT2D eigenvalue weighted by Gasteiger charge is -2.04. The summed E-state index contributed by atoms with van der Waals surface area (Å²) in [6, 6.07) is 3.21. The highest BCUT2D eigenvalue weighted by Gasteiger charge is 2.13. The molecule has 1 atom stereocenters. The second kappa shape index (κ2) is 6.53. The first-order valence-corrected chi connectivity index (χ1v) is 6.00. The molecule has 1 aromatic heterocycles.